The van der Waals surface area contributed by atoms with Crippen molar-refractivity contribution in [1.82, 2.24) is 4.98 Å². The first kappa shape index (κ1) is 27.4. The maximum Gasteiger partial charge on any atom is 0.257 e. The van der Waals surface area contributed by atoms with Crippen LogP contribution in [-0.2, 0) is 4.79 Å². The molecule has 2 aliphatic rings. The van der Waals surface area contributed by atoms with Crippen LogP contribution in [0.3, 0.4) is 0 Å². The zero-order valence-electron chi connectivity index (χ0n) is 25.0. The van der Waals surface area contributed by atoms with E-state index in [4.69, 9.17) is 9.47 Å². The summed E-state index contributed by atoms with van der Waals surface area (Å²) >= 11 is 0. The molecule has 2 amide bonds. The van der Waals surface area contributed by atoms with E-state index in [0.717, 1.165) is 39.2 Å². The zero-order chi connectivity index (χ0) is 29.9. The van der Waals surface area contributed by atoms with Crippen LogP contribution in [0, 0.1) is 13.8 Å². The SMILES string of the molecule is COc1cc2c3c(c1)C(c1c(-c4ccccc4)[nH]c(C)c1C(=O)Nc1ccc(C)c(OC)c1)C(=O)N3C(C)(C)C=C2C. The number of carbonyl (C=O) groups is 2. The van der Waals surface area contributed by atoms with Crippen LogP contribution < -0.4 is 19.7 Å². The normalized spacial score (nSPS) is 16.6. The predicted octanol–water partition coefficient (Wildman–Crippen LogP) is 7.24. The van der Waals surface area contributed by atoms with Crippen LogP contribution in [0.15, 0.2) is 66.7 Å². The maximum atomic E-state index is 14.6. The Labute approximate surface area is 246 Å². The zero-order valence-corrected chi connectivity index (χ0v) is 25.0. The van der Waals surface area contributed by atoms with Crippen molar-refractivity contribution in [3.05, 3.63) is 100 Å². The van der Waals surface area contributed by atoms with Gasteiger partial charge in [0.15, 0.2) is 0 Å². The minimum Gasteiger partial charge on any atom is -0.497 e. The van der Waals surface area contributed by atoms with Gasteiger partial charge in [0.05, 0.1) is 42.6 Å². The number of aromatic nitrogens is 1. The highest BCUT2D eigenvalue weighted by Gasteiger charge is 2.50. The first-order chi connectivity index (χ1) is 20.1. The first-order valence-electron chi connectivity index (χ1n) is 14.1. The Kier molecular flexibility index (Phi) is 6.49. The van der Waals surface area contributed by atoms with Gasteiger partial charge >= 0.3 is 0 Å². The Hall–Kier alpha value is -4.78. The summed E-state index contributed by atoms with van der Waals surface area (Å²) in [5.74, 6) is 0.257. The number of hydrogen-bond donors (Lipinski definition) is 2. The van der Waals surface area contributed by atoms with Crippen LogP contribution >= 0.6 is 0 Å². The van der Waals surface area contributed by atoms with E-state index in [1.165, 1.54) is 0 Å². The third kappa shape index (κ3) is 4.19. The summed E-state index contributed by atoms with van der Waals surface area (Å²) < 4.78 is 11.2. The molecule has 1 unspecified atom stereocenters. The van der Waals surface area contributed by atoms with Gasteiger partial charge in [0.2, 0.25) is 5.91 Å². The number of nitrogens with zero attached hydrogens (tertiary/aromatic N) is 1. The number of methoxy groups -OCH3 is 2. The largest absolute Gasteiger partial charge is 0.497 e. The minimum absolute atomic E-state index is 0.0736. The highest BCUT2D eigenvalue weighted by atomic mass is 16.5. The van der Waals surface area contributed by atoms with Gasteiger partial charge in [-0.25, -0.2) is 0 Å². The van der Waals surface area contributed by atoms with Crippen LogP contribution in [0.4, 0.5) is 11.4 Å². The monoisotopic (exact) mass is 561 g/mol. The first-order valence-corrected chi connectivity index (χ1v) is 14.1. The van der Waals surface area contributed by atoms with E-state index < -0.39 is 11.5 Å². The summed E-state index contributed by atoms with van der Waals surface area (Å²) in [5.41, 5.74) is 8.21. The molecule has 0 saturated heterocycles. The van der Waals surface area contributed by atoms with E-state index in [9.17, 15) is 9.59 Å². The minimum atomic E-state index is -0.721. The fourth-order valence-corrected chi connectivity index (χ4v) is 6.56. The summed E-state index contributed by atoms with van der Waals surface area (Å²) in [6, 6.07) is 19.3. The molecule has 4 aromatic rings. The molecule has 7 nitrogen and oxygen atoms in total. The summed E-state index contributed by atoms with van der Waals surface area (Å²) in [5, 5.41) is 3.06. The van der Waals surface area contributed by atoms with Gasteiger partial charge in [-0.15, -0.1) is 0 Å². The number of carbonyl (C=O) groups excluding carboxylic acids is 2. The van der Waals surface area contributed by atoms with Crippen LogP contribution in [0.2, 0.25) is 0 Å². The Morgan fingerprint density at radius 3 is 2.40 bits per heavy atom. The van der Waals surface area contributed by atoms with Crippen molar-refractivity contribution in [3.8, 4) is 22.8 Å². The van der Waals surface area contributed by atoms with Crippen LogP contribution in [0.25, 0.3) is 16.8 Å². The summed E-state index contributed by atoms with van der Waals surface area (Å²) in [6.45, 7) is 9.99. The summed E-state index contributed by atoms with van der Waals surface area (Å²) in [7, 11) is 3.24. The van der Waals surface area contributed by atoms with E-state index in [0.29, 0.717) is 34.0 Å². The summed E-state index contributed by atoms with van der Waals surface area (Å²) in [4.78, 5) is 34.2. The highest BCUT2D eigenvalue weighted by Crippen LogP contribution is 2.54. The number of ether oxygens (including phenoxy) is 2. The maximum absolute atomic E-state index is 14.6. The van der Waals surface area contributed by atoms with E-state index >= 15 is 0 Å². The van der Waals surface area contributed by atoms with Gasteiger partial charge in [-0.3, -0.25) is 9.59 Å². The smallest absolute Gasteiger partial charge is 0.257 e. The predicted molar refractivity (Wildman–Crippen MR) is 167 cm³/mol. The second-order valence-electron chi connectivity index (χ2n) is 11.6. The molecule has 0 saturated carbocycles. The van der Waals surface area contributed by atoms with Gasteiger partial charge < -0.3 is 24.7 Å². The Balaban J connectivity index is 1.59. The molecular weight excluding hydrogens is 526 g/mol. The molecule has 42 heavy (non-hydrogen) atoms. The lowest BCUT2D eigenvalue weighted by Gasteiger charge is -2.39. The van der Waals surface area contributed by atoms with Crippen LogP contribution in [-0.4, -0.2) is 36.6 Å². The van der Waals surface area contributed by atoms with Gasteiger partial charge in [0, 0.05) is 28.6 Å². The second-order valence-corrected chi connectivity index (χ2v) is 11.6. The number of aromatic amines is 1. The molecule has 1 aromatic heterocycles. The Morgan fingerprint density at radius 2 is 1.71 bits per heavy atom. The topological polar surface area (TPSA) is 83.7 Å². The molecule has 7 heteroatoms. The van der Waals surface area contributed by atoms with Gasteiger partial charge in [-0.2, -0.15) is 0 Å². The molecule has 2 N–H and O–H groups in total. The van der Waals surface area contributed by atoms with Crippen LogP contribution in [0.1, 0.15) is 65.0 Å². The van der Waals surface area contributed by atoms with Crippen molar-refractivity contribution in [1.29, 1.82) is 0 Å². The molecule has 2 aliphatic heterocycles. The molecule has 3 aromatic carbocycles. The van der Waals surface area contributed by atoms with Crippen molar-refractivity contribution in [2.24, 2.45) is 0 Å². The lowest BCUT2D eigenvalue weighted by molar-refractivity contribution is -0.119. The summed E-state index contributed by atoms with van der Waals surface area (Å²) in [6.07, 6.45) is 2.12. The number of anilines is 2. The standard InChI is InChI=1S/C35H35N3O4/c1-19-13-14-23(15-27(19)42-7)37-33(39)28-21(3)36-31(22-11-9-8-10-12-22)30(28)29-26-17-24(41-6)16-25-20(2)18-35(4,5)38(32(25)26)34(29)40/h8-18,29,36H,1-7H3,(H,37,39). The van der Waals surface area contributed by atoms with Crippen molar-refractivity contribution >= 4 is 28.8 Å². The molecule has 0 spiro atoms. The molecule has 3 heterocycles. The van der Waals surface area contributed by atoms with Gasteiger partial charge in [0.1, 0.15) is 11.5 Å². The number of nitrogens with one attached hydrogen (secondary N) is 2. The third-order valence-electron chi connectivity index (χ3n) is 8.39. The Bertz CT molecular complexity index is 1780. The molecule has 6 rings (SSSR count). The number of amides is 2. The van der Waals surface area contributed by atoms with E-state index in [1.54, 1.807) is 20.3 Å². The number of hydrogen-bond acceptors (Lipinski definition) is 4. The second kappa shape index (κ2) is 9.94. The van der Waals surface area contributed by atoms with Crippen LogP contribution in [0.5, 0.6) is 11.5 Å². The fourth-order valence-electron chi connectivity index (χ4n) is 6.56. The third-order valence-corrected chi connectivity index (χ3v) is 8.39. The lowest BCUT2D eigenvalue weighted by Crippen LogP contribution is -2.47. The lowest BCUT2D eigenvalue weighted by atomic mass is 9.85. The number of aryl methyl sites for hydroxylation is 2. The molecule has 1 atom stereocenters. The van der Waals surface area contributed by atoms with Gasteiger partial charge in [-0.1, -0.05) is 42.5 Å². The van der Waals surface area contributed by atoms with E-state index in [2.05, 4.69) is 23.3 Å². The van der Waals surface area contributed by atoms with Gasteiger partial charge in [0.25, 0.3) is 5.91 Å². The van der Waals surface area contributed by atoms with E-state index in [1.807, 2.05) is 87.2 Å². The molecule has 214 valence electrons. The van der Waals surface area contributed by atoms with Crippen molar-refractivity contribution in [2.75, 3.05) is 24.4 Å². The average Bonchev–Trinajstić information content (AvgIpc) is 3.46. The van der Waals surface area contributed by atoms with Gasteiger partial charge in [-0.05, 0) is 75.1 Å². The number of rotatable bonds is 6. The van der Waals surface area contributed by atoms with Crippen molar-refractivity contribution in [3.63, 3.8) is 0 Å². The number of allylic oxidation sites excluding steroid dienone is 1. The fraction of sp³-hybridized carbons (Fsp3) is 0.257. The average molecular weight is 562 g/mol. The number of H-pyrrole nitrogens is 1. The quantitative estimate of drug-likeness (QED) is 0.260. The van der Waals surface area contributed by atoms with E-state index in [-0.39, 0.29) is 11.8 Å². The van der Waals surface area contributed by atoms with Crippen molar-refractivity contribution in [2.45, 2.75) is 46.1 Å². The molecule has 0 radical (unpaired) electrons. The molecule has 0 aliphatic carbocycles. The highest BCUT2D eigenvalue weighted by molar-refractivity contribution is 6.16. The Morgan fingerprint density at radius 1 is 0.976 bits per heavy atom. The molecule has 0 bridgehead atoms. The molecular formula is C35H35N3O4. The van der Waals surface area contributed by atoms with Crippen molar-refractivity contribution < 1.29 is 19.1 Å². The number of benzene rings is 3. The molecule has 0 fully saturated rings.